The number of nitrogens with one attached hydrogen (secondary N) is 1. The molecule has 0 saturated carbocycles. The Morgan fingerprint density at radius 3 is 2.94 bits per heavy atom. The summed E-state index contributed by atoms with van der Waals surface area (Å²) in [5.41, 5.74) is 1.42. The van der Waals surface area contributed by atoms with E-state index < -0.39 is 0 Å². The second-order valence-corrected chi connectivity index (χ2v) is 5.75. The fourth-order valence-corrected chi connectivity index (χ4v) is 2.59. The van der Waals surface area contributed by atoms with Crippen molar-refractivity contribution in [2.45, 2.75) is 46.2 Å². The summed E-state index contributed by atoms with van der Waals surface area (Å²) in [6, 6.07) is 4.86. The van der Waals surface area contributed by atoms with E-state index in [1.54, 1.807) is 0 Å². The zero-order chi connectivity index (χ0) is 12.5. The van der Waals surface area contributed by atoms with Crippen LogP contribution in [-0.2, 0) is 6.54 Å². The van der Waals surface area contributed by atoms with Crippen LogP contribution in [-0.4, -0.2) is 22.6 Å². The summed E-state index contributed by atoms with van der Waals surface area (Å²) in [4.78, 5) is 0. The van der Waals surface area contributed by atoms with E-state index >= 15 is 0 Å². The molecule has 0 radical (unpaired) electrons. The zero-order valence-corrected chi connectivity index (χ0v) is 12.2. The van der Waals surface area contributed by atoms with E-state index in [1.807, 2.05) is 11.8 Å². The van der Waals surface area contributed by atoms with Gasteiger partial charge in [-0.1, -0.05) is 13.8 Å². The molecule has 1 N–H and O–H groups in total. The molecule has 1 atom stereocenters. The van der Waals surface area contributed by atoms with Gasteiger partial charge in [0.1, 0.15) is 0 Å². The first-order valence-corrected chi connectivity index (χ1v) is 7.91. The first-order chi connectivity index (χ1) is 8.29. The number of aryl methyl sites for hydroxylation is 1. The maximum absolute atomic E-state index is 3.55. The van der Waals surface area contributed by atoms with Crippen molar-refractivity contribution in [3.63, 3.8) is 0 Å². The summed E-state index contributed by atoms with van der Waals surface area (Å²) in [7, 11) is 0. The van der Waals surface area contributed by atoms with Gasteiger partial charge in [-0.2, -0.15) is 11.8 Å². The zero-order valence-electron chi connectivity index (χ0n) is 11.4. The number of nitrogens with zero attached hydrogens (tertiary/aromatic N) is 1. The summed E-state index contributed by atoms with van der Waals surface area (Å²) in [6.07, 6.45) is 4.66. The van der Waals surface area contributed by atoms with E-state index in [0.717, 1.165) is 13.1 Å². The average molecular weight is 254 g/mol. The first-order valence-electron chi connectivity index (χ1n) is 6.75. The van der Waals surface area contributed by atoms with Gasteiger partial charge in [-0.3, -0.25) is 0 Å². The summed E-state index contributed by atoms with van der Waals surface area (Å²) in [5, 5.41) is 3.55. The second kappa shape index (κ2) is 8.65. The van der Waals surface area contributed by atoms with E-state index in [-0.39, 0.29) is 0 Å². The highest BCUT2D eigenvalue weighted by molar-refractivity contribution is 7.99. The summed E-state index contributed by atoms with van der Waals surface area (Å²) >= 11 is 2.03. The van der Waals surface area contributed by atoms with Gasteiger partial charge in [0.05, 0.1) is 0 Å². The Labute approximate surface area is 110 Å². The lowest BCUT2D eigenvalue weighted by molar-refractivity contribution is 0.522. The highest BCUT2D eigenvalue weighted by Crippen LogP contribution is 2.14. The lowest BCUT2D eigenvalue weighted by Crippen LogP contribution is -2.22. The fourth-order valence-electron chi connectivity index (χ4n) is 1.97. The van der Waals surface area contributed by atoms with Crippen LogP contribution in [0.2, 0.25) is 0 Å². The van der Waals surface area contributed by atoms with Crippen molar-refractivity contribution < 1.29 is 0 Å². The predicted octanol–water partition coefficient (Wildman–Crippen LogP) is 3.69. The van der Waals surface area contributed by atoms with E-state index in [4.69, 9.17) is 0 Å². The lowest BCUT2D eigenvalue weighted by Gasteiger charge is -2.16. The smallest absolute Gasteiger partial charge is 0.0446 e. The minimum Gasteiger partial charge on any atom is -0.350 e. The van der Waals surface area contributed by atoms with Crippen LogP contribution in [0.25, 0.3) is 0 Å². The van der Waals surface area contributed by atoms with Crippen LogP contribution in [0.15, 0.2) is 18.3 Å². The minimum atomic E-state index is 0.462. The lowest BCUT2D eigenvalue weighted by atomic mass is 10.2. The molecule has 0 saturated heterocycles. The van der Waals surface area contributed by atoms with Crippen LogP contribution in [0.3, 0.4) is 0 Å². The molecule has 0 aliphatic heterocycles. The van der Waals surface area contributed by atoms with Crippen molar-refractivity contribution in [2.24, 2.45) is 0 Å². The molecule has 1 heterocycles. The molecule has 1 aromatic rings. The molecule has 1 aromatic heterocycles. The first kappa shape index (κ1) is 14.7. The molecule has 17 heavy (non-hydrogen) atoms. The highest BCUT2D eigenvalue weighted by atomic mass is 32.2. The van der Waals surface area contributed by atoms with Crippen molar-refractivity contribution >= 4 is 11.8 Å². The largest absolute Gasteiger partial charge is 0.350 e. The molecule has 0 spiro atoms. The van der Waals surface area contributed by atoms with Gasteiger partial charge in [-0.15, -0.1) is 0 Å². The van der Waals surface area contributed by atoms with Gasteiger partial charge in [-0.05, 0) is 49.9 Å². The molecule has 0 fully saturated rings. The third-order valence-electron chi connectivity index (χ3n) is 2.90. The van der Waals surface area contributed by atoms with Crippen molar-refractivity contribution in [3.8, 4) is 0 Å². The molecular weight excluding hydrogens is 228 g/mol. The SMILES string of the molecule is CCCNC(C)c1cccn1CCCSCC. The topological polar surface area (TPSA) is 17.0 Å². The predicted molar refractivity (Wildman–Crippen MR) is 78.8 cm³/mol. The molecule has 98 valence electrons. The molecule has 0 bridgehead atoms. The fraction of sp³-hybridized carbons (Fsp3) is 0.714. The third-order valence-corrected chi connectivity index (χ3v) is 3.89. The molecule has 2 nitrogen and oxygen atoms in total. The minimum absolute atomic E-state index is 0.462. The van der Waals surface area contributed by atoms with Crippen LogP contribution in [0.5, 0.6) is 0 Å². The summed E-state index contributed by atoms with van der Waals surface area (Å²) < 4.78 is 2.39. The van der Waals surface area contributed by atoms with Crippen LogP contribution >= 0.6 is 11.8 Å². The van der Waals surface area contributed by atoms with E-state index in [0.29, 0.717) is 6.04 Å². The summed E-state index contributed by atoms with van der Waals surface area (Å²) in [5.74, 6) is 2.50. The van der Waals surface area contributed by atoms with Gasteiger partial charge in [0.15, 0.2) is 0 Å². The van der Waals surface area contributed by atoms with Crippen molar-refractivity contribution in [1.82, 2.24) is 9.88 Å². The Bertz CT molecular complexity index is 296. The van der Waals surface area contributed by atoms with Crippen LogP contribution in [0.4, 0.5) is 0 Å². The Morgan fingerprint density at radius 1 is 1.41 bits per heavy atom. The monoisotopic (exact) mass is 254 g/mol. The van der Waals surface area contributed by atoms with Gasteiger partial charge >= 0.3 is 0 Å². The Hall–Kier alpha value is -0.410. The Balaban J connectivity index is 2.41. The molecule has 0 aliphatic rings. The molecule has 0 aromatic carbocycles. The van der Waals surface area contributed by atoms with Gasteiger partial charge in [0, 0.05) is 24.5 Å². The van der Waals surface area contributed by atoms with Crippen LogP contribution in [0.1, 0.15) is 45.3 Å². The third kappa shape index (κ3) is 5.17. The Kier molecular flexibility index (Phi) is 7.45. The summed E-state index contributed by atoms with van der Waals surface area (Å²) in [6.45, 7) is 8.93. The number of hydrogen-bond donors (Lipinski definition) is 1. The molecule has 0 aliphatic carbocycles. The average Bonchev–Trinajstić information content (AvgIpc) is 2.80. The molecule has 1 rings (SSSR count). The second-order valence-electron chi connectivity index (χ2n) is 4.35. The van der Waals surface area contributed by atoms with E-state index in [2.05, 4.69) is 49.0 Å². The highest BCUT2D eigenvalue weighted by Gasteiger charge is 2.08. The molecule has 3 heteroatoms. The number of thioether (sulfide) groups is 1. The normalized spacial score (nSPS) is 12.9. The van der Waals surface area contributed by atoms with Gasteiger partial charge < -0.3 is 9.88 Å². The molecule has 0 amide bonds. The van der Waals surface area contributed by atoms with Gasteiger partial charge in [0.2, 0.25) is 0 Å². The van der Waals surface area contributed by atoms with Crippen molar-refractivity contribution in [3.05, 3.63) is 24.0 Å². The van der Waals surface area contributed by atoms with Crippen molar-refractivity contribution in [1.29, 1.82) is 0 Å². The number of hydrogen-bond acceptors (Lipinski definition) is 2. The van der Waals surface area contributed by atoms with Crippen molar-refractivity contribution in [2.75, 3.05) is 18.1 Å². The van der Waals surface area contributed by atoms with E-state index in [1.165, 1.54) is 30.0 Å². The number of aromatic nitrogens is 1. The maximum atomic E-state index is 3.55. The Morgan fingerprint density at radius 2 is 2.24 bits per heavy atom. The van der Waals surface area contributed by atoms with Crippen LogP contribution < -0.4 is 5.32 Å². The van der Waals surface area contributed by atoms with Crippen LogP contribution in [0, 0.1) is 0 Å². The van der Waals surface area contributed by atoms with Gasteiger partial charge in [0.25, 0.3) is 0 Å². The number of rotatable bonds is 9. The molecule has 1 unspecified atom stereocenters. The van der Waals surface area contributed by atoms with E-state index in [9.17, 15) is 0 Å². The maximum Gasteiger partial charge on any atom is 0.0446 e. The standard InChI is InChI=1S/C14H26N2S/c1-4-9-15-13(3)14-8-6-10-16(14)11-7-12-17-5-2/h6,8,10,13,15H,4-5,7,9,11-12H2,1-3H3. The van der Waals surface area contributed by atoms with Gasteiger partial charge in [-0.25, -0.2) is 0 Å². The molecular formula is C14H26N2S. The quantitative estimate of drug-likeness (QED) is 0.677.